The Labute approximate surface area is 537 Å². The zero-order valence-electron chi connectivity index (χ0n) is 54.8. The third kappa shape index (κ3) is 65.0. The predicted molar refractivity (Wildman–Crippen MR) is 362 cm³/mol. The molecule has 0 spiro atoms. The van der Waals surface area contributed by atoms with E-state index in [1.165, 1.54) is 19.3 Å². The van der Waals surface area contributed by atoms with Crippen LogP contribution in [-0.2, 0) is 55.8 Å². The Balaban J connectivity index is 4.73. The zero-order chi connectivity index (χ0) is 65.3. The minimum absolute atomic E-state index is 0.0816. The molecule has 4 N–H and O–H groups in total. The van der Waals surface area contributed by atoms with Gasteiger partial charge in [-0.05, 0) is 135 Å². The van der Waals surface area contributed by atoms with Crippen LogP contribution in [0.4, 0.5) is 0 Å². The lowest BCUT2D eigenvalue weighted by atomic mass is 10.1. The second-order valence-electron chi connectivity index (χ2n) is 21.9. The van der Waals surface area contributed by atoms with E-state index < -0.39 is 91.5 Å². The molecule has 0 saturated heterocycles. The van der Waals surface area contributed by atoms with Gasteiger partial charge >= 0.3 is 33.6 Å². The Kier molecular flexibility index (Phi) is 60.7. The van der Waals surface area contributed by atoms with Crippen molar-refractivity contribution in [3.05, 3.63) is 134 Å². The molecule has 0 aliphatic rings. The Hall–Kier alpha value is -4.31. The molecule has 0 fully saturated rings. The van der Waals surface area contributed by atoms with Crippen molar-refractivity contribution >= 4 is 33.6 Å². The topological polar surface area (TPSA) is 231 Å². The van der Waals surface area contributed by atoms with Crippen LogP contribution in [0.2, 0.25) is 0 Å². The van der Waals surface area contributed by atoms with Crippen LogP contribution < -0.4 is 0 Å². The standard InChI is InChI=1S/C71H118O16P2/c1-4-7-10-13-16-19-22-25-28-30-31-32-33-35-38-39-42-45-48-51-54-57-69(74)81-60-66(72)61-83-88(77,78)84-62-67(73)63-85-89(79,80)86-65-68(87-71(76)59-56-53-50-47-44-41-36-27-24-21-18-15-12-9-6-3)64-82-70(75)58-55-52-49-46-43-40-37-34-29-26-23-20-17-14-11-8-5-2/h7-8,10-11,16-21,25-29,31-32,35-36,38,42,45,66-68,72-73H,4-6,9,12-15,22-24,30,33-34,37,39-41,43-44,46-65H2,1-3H3,(H,77,78)(H,79,80)/b10-7-,11-8-,19-16-,20-17-,21-18-,28-25-,29-26-,32-31-,36-27-,38-35-,45-42-. The summed E-state index contributed by atoms with van der Waals surface area (Å²) in [6, 6.07) is 0. The number of phosphoric ester groups is 2. The van der Waals surface area contributed by atoms with Gasteiger partial charge in [-0.15, -0.1) is 0 Å². The average molecular weight is 1290 g/mol. The van der Waals surface area contributed by atoms with E-state index in [9.17, 15) is 43.5 Å². The number of rotatable bonds is 62. The van der Waals surface area contributed by atoms with Gasteiger partial charge < -0.3 is 34.2 Å². The van der Waals surface area contributed by atoms with Crippen molar-refractivity contribution < 1.29 is 75.8 Å². The molecule has 0 aliphatic heterocycles. The summed E-state index contributed by atoms with van der Waals surface area (Å²) in [5.41, 5.74) is 0. The Morgan fingerprint density at radius 3 is 0.966 bits per heavy atom. The highest BCUT2D eigenvalue weighted by atomic mass is 31.2. The van der Waals surface area contributed by atoms with Crippen LogP contribution in [0.15, 0.2) is 134 Å². The molecule has 0 saturated carbocycles. The highest BCUT2D eigenvalue weighted by Gasteiger charge is 2.29. The van der Waals surface area contributed by atoms with Gasteiger partial charge in [0.1, 0.15) is 25.4 Å². The number of carbonyl (C=O) groups is 3. The lowest BCUT2D eigenvalue weighted by Crippen LogP contribution is -2.30. The van der Waals surface area contributed by atoms with Crippen molar-refractivity contribution in [1.82, 2.24) is 0 Å². The van der Waals surface area contributed by atoms with Gasteiger partial charge in [0.25, 0.3) is 0 Å². The van der Waals surface area contributed by atoms with Gasteiger partial charge in [-0.25, -0.2) is 9.13 Å². The summed E-state index contributed by atoms with van der Waals surface area (Å²) >= 11 is 0. The van der Waals surface area contributed by atoms with Crippen LogP contribution in [-0.4, -0.2) is 95.9 Å². The molecule has 89 heavy (non-hydrogen) atoms. The second kappa shape index (κ2) is 63.8. The van der Waals surface area contributed by atoms with E-state index in [0.717, 1.165) is 161 Å². The molecular formula is C71H118O16P2. The molecule has 508 valence electrons. The molecule has 0 aliphatic carbocycles. The molecule has 0 radical (unpaired) electrons. The number of aliphatic hydroxyl groups excluding tert-OH is 2. The quantitative estimate of drug-likeness (QED) is 0.0146. The van der Waals surface area contributed by atoms with Crippen molar-refractivity contribution in [2.75, 3.05) is 39.6 Å². The first-order valence-electron chi connectivity index (χ1n) is 33.5. The van der Waals surface area contributed by atoms with Crippen molar-refractivity contribution in [2.24, 2.45) is 0 Å². The van der Waals surface area contributed by atoms with Crippen LogP contribution in [0.25, 0.3) is 0 Å². The maximum absolute atomic E-state index is 12.9. The molecule has 0 amide bonds. The van der Waals surface area contributed by atoms with Gasteiger partial charge in [0.05, 0.1) is 26.4 Å². The largest absolute Gasteiger partial charge is 0.472 e. The molecule has 0 aromatic rings. The maximum Gasteiger partial charge on any atom is 0.472 e. The van der Waals surface area contributed by atoms with Gasteiger partial charge in [-0.3, -0.25) is 32.5 Å². The van der Waals surface area contributed by atoms with E-state index in [4.69, 9.17) is 32.3 Å². The summed E-state index contributed by atoms with van der Waals surface area (Å²) in [7, 11) is -9.80. The normalized spacial score (nSPS) is 15.1. The summed E-state index contributed by atoms with van der Waals surface area (Å²) in [4.78, 5) is 58.3. The van der Waals surface area contributed by atoms with Gasteiger partial charge in [-0.2, -0.15) is 0 Å². The summed E-state index contributed by atoms with van der Waals surface area (Å²) < 4.78 is 60.8. The van der Waals surface area contributed by atoms with Crippen LogP contribution in [0, 0.1) is 0 Å². The summed E-state index contributed by atoms with van der Waals surface area (Å²) in [5.74, 6) is -1.65. The zero-order valence-corrected chi connectivity index (χ0v) is 56.6. The van der Waals surface area contributed by atoms with Crippen molar-refractivity contribution in [3.8, 4) is 0 Å². The van der Waals surface area contributed by atoms with Crippen molar-refractivity contribution in [1.29, 1.82) is 0 Å². The molecule has 16 nitrogen and oxygen atoms in total. The summed E-state index contributed by atoms with van der Waals surface area (Å²) in [6.07, 6.45) is 73.6. The fraction of sp³-hybridized carbons (Fsp3) is 0.648. The molecule has 0 aromatic carbocycles. The first-order valence-corrected chi connectivity index (χ1v) is 36.5. The van der Waals surface area contributed by atoms with Gasteiger partial charge in [0.2, 0.25) is 0 Å². The lowest BCUT2D eigenvalue weighted by molar-refractivity contribution is -0.161. The highest BCUT2D eigenvalue weighted by Crippen LogP contribution is 2.45. The molecule has 0 bridgehead atoms. The van der Waals surface area contributed by atoms with Crippen LogP contribution in [0.1, 0.15) is 239 Å². The van der Waals surface area contributed by atoms with Crippen LogP contribution >= 0.6 is 15.6 Å². The maximum atomic E-state index is 12.9. The summed E-state index contributed by atoms with van der Waals surface area (Å²) in [6.45, 7) is 2.31. The Bertz CT molecular complexity index is 2160. The van der Waals surface area contributed by atoms with Crippen LogP contribution in [0.3, 0.4) is 0 Å². The molecule has 18 heteroatoms. The smallest absolute Gasteiger partial charge is 0.463 e. The highest BCUT2D eigenvalue weighted by molar-refractivity contribution is 7.47. The number of unbranched alkanes of at least 4 members (excludes halogenated alkanes) is 17. The Morgan fingerprint density at radius 1 is 0.326 bits per heavy atom. The van der Waals surface area contributed by atoms with Gasteiger partial charge in [0.15, 0.2) is 6.10 Å². The molecular weight excluding hydrogens is 1170 g/mol. The number of phosphoric acid groups is 2. The number of aliphatic hydroxyl groups is 2. The molecule has 5 atom stereocenters. The van der Waals surface area contributed by atoms with Crippen molar-refractivity contribution in [3.63, 3.8) is 0 Å². The van der Waals surface area contributed by atoms with Gasteiger partial charge in [0, 0.05) is 19.3 Å². The minimum atomic E-state index is -4.94. The van der Waals surface area contributed by atoms with E-state index in [1.54, 1.807) is 0 Å². The number of allylic oxidation sites excluding steroid dienone is 22. The number of ether oxygens (including phenoxy) is 3. The molecule has 5 unspecified atom stereocenters. The first-order chi connectivity index (χ1) is 43.2. The SMILES string of the molecule is CC/C=C\C/C=C\C/C=C\C/C=C\C/C=C\C/C=C\CCCCC(=O)OCC(O)COP(=O)(O)OCC(O)COP(=O)(O)OCC(COC(=O)CCCCCCCCC/C=C\C/C=C\C/C=C\CC)OC(=O)CCCCCCC/C=C\C/C=C\CCCCC. The number of hydrogen-bond donors (Lipinski definition) is 4. The van der Waals surface area contributed by atoms with Gasteiger partial charge in [-0.1, -0.05) is 219 Å². The fourth-order valence-electron chi connectivity index (χ4n) is 8.26. The lowest BCUT2D eigenvalue weighted by Gasteiger charge is -2.21. The number of esters is 3. The molecule has 0 aromatic heterocycles. The Morgan fingerprint density at radius 2 is 0.596 bits per heavy atom. The molecule has 0 heterocycles. The first kappa shape index (κ1) is 84.7. The van der Waals surface area contributed by atoms with E-state index in [1.807, 2.05) is 0 Å². The van der Waals surface area contributed by atoms with E-state index in [-0.39, 0.29) is 19.3 Å². The molecule has 0 rings (SSSR count). The number of hydrogen-bond acceptors (Lipinski definition) is 14. The number of carbonyl (C=O) groups excluding carboxylic acids is 3. The average Bonchev–Trinajstić information content (AvgIpc) is 3.63. The van der Waals surface area contributed by atoms with E-state index in [2.05, 4.69) is 154 Å². The fourth-order valence-corrected chi connectivity index (χ4v) is 9.85. The third-order valence-corrected chi connectivity index (χ3v) is 15.2. The second-order valence-corrected chi connectivity index (χ2v) is 24.8. The van der Waals surface area contributed by atoms with Crippen LogP contribution in [0.5, 0.6) is 0 Å². The summed E-state index contributed by atoms with van der Waals surface area (Å²) in [5, 5.41) is 20.5. The van der Waals surface area contributed by atoms with Crippen molar-refractivity contribution in [2.45, 2.75) is 257 Å². The predicted octanol–water partition coefficient (Wildman–Crippen LogP) is 18.4. The van der Waals surface area contributed by atoms with E-state index >= 15 is 0 Å². The third-order valence-electron chi connectivity index (χ3n) is 13.3. The minimum Gasteiger partial charge on any atom is -0.463 e. The monoisotopic (exact) mass is 1290 g/mol. The van der Waals surface area contributed by atoms with E-state index in [0.29, 0.717) is 19.3 Å².